The molecular weight excluding hydrogens is 328 g/mol. The predicted octanol–water partition coefficient (Wildman–Crippen LogP) is 3.27. The fraction of sp³-hybridized carbons (Fsp3) is 0.550. The number of amides is 1. The van der Waals surface area contributed by atoms with Crippen LogP contribution in [-0.2, 0) is 6.42 Å². The molecule has 3 heterocycles. The number of carbonyl (C=O) groups excluding carboxylic acids is 1. The van der Waals surface area contributed by atoms with Crippen molar-refractivity contribution in [2.75, 3.05) is 20.2 Å². The van der Waals surface area contributed by atoms with E-state index in [1.807, 2.05) is 11.1 Å². The standard InChI is InChI=1S/C20H28N4O2/c1-14(2)24-15(3)11-21-18(24)10-16-6-5-9-23(13-16)20(25)17-7-8-19(26-4)22-12-17/h7-8,11-12,14,16H,5-6,9-10,13H2,1-4H3. The smallest absolute Gasteiger partial charge is 0.255 e. The van der Waals surface area contributed by atoms with E-state index in [4.69, 9.17) is 4.74 Å². The molecule has 3 rings (SSSR count). The van der Waals surface area contributed by atoms with Gasteiger partial charge in [-0.3, -0.25) is 4.79 Å². The van der Waals surface area contributed by atoms with Gasteiger partial charge in [0.05, 0.1) is 12.7 Å². The SMILES string of the molecule is COc1ccc(C(=O)N2CCCC(Cc3ncc(C)n3C(C)C)C2)cn1. The summed E-state index contributed by atoms with van der Waals surface area (Å²) in [6.45, 7) is 8.05. The minimum Gasteiger partial charge on any atom is -0.481 e. The summed E-state index contributed by atoms with van der Waals surface area (Å²) < 4.78 is 7.36. The molecule has 1 unspecified atom stereocenters. The van der Waals surface area contributed by atoms with Crippen molar-refractivity contribution in [3.05, 3.63) is 41.6 Å². The van der Waals surface area contributed by atoms with Crippen LogP contribution in [0.2, 0.25) is 0 Å². The average Bonchev–Trinajstić information content (AvgIpc) is 3.01. The van der Waals surface area contributed by atoms with Crippen molar-refractivity contribution in [1.82, 2.24) is 19.4 Å². The van der Waals surface area contributed by atoms with Crippen LogP contribution in [0, 0.1) is 12.8 Å². The average molecular weight is 356 g/mol. The highest BCUT2D eigenvalue weighted by atomic mass is 16.5. The Balaban J connectivity index is 1.68. The van der Waals surface area contributed by atoms with E-state index in [1.54, 1.807) is 25.4 Å². The Kier molecular flexibility index (Phi) is 5.59. The summed E-state index contributed by atoms with van der Waals surface area (Å²) in [5.41, 5.74) is 1.81. The van der Waals surface area contributed by atoms with E-state index in [9.17, 15) is 4.79 Å². The Labute approximate surface area is 155 Å². The van der Waals surface area contributed by atoms with Gasteiger partial charge in [-0.15, -0.1) is 0 Å². The Morgan fingerprint density at radius 1 is 1.31 bits per heavy atom. The van der Waals surface area contributed by atoms with Crippen LogP contribution in [0.15, 0.2) is 24.5 Å². The van der Waals surface area contributed by atoms with E-state index < -0.39 is 0 Å². The summed E-state index contributed by atoms with van der Waals surface area (Å²) in [6, 6.07) is 3.92. The van der Waals surface area contributed by atoms with Crippen molar-refractivity contribution >= 4 is 5.91 Å². The lowest BCUT2D eigenvalue weighted by Crippen LogP contribution is -2.40. The first kappa shape index (κ1) is 18.4. The van der Waals surface area contributed by atoms with Crippen LogP contribution < -0.4 is 4.74 Å². The van der Waals surface area contributed by atoms with Crippen LogP contribution in [-0.4, -0.2) is 45.5 Å². The number of hydrogen-bond acceptors (Lipinski definition) is 4. The van der Waals surface area contributed by atoms with Crippen LogP contribution in [0.25, 0.3) is 0 Å². The first-order chi connectivity index (χ1) is 12.5. The fourth-order valence-corrected chi connectivity index (χ4v) is 3.84. The van der Waals surface area contributed by atoms with Gasteiger partial charge in [0.2, 0.25) is 5.88 Å². The van der Waals surface area contributed by atoms with Gasteiger partial charge in [0.25, 0.3) is 5.91 Å². The summed E-state index contributed by atoms with van der Waals surface area (Å²) in [6.07, 6.45) is 6.62. The Morgan fingerprint density at radius 2 is 2.12 bits per heavy atom. The zero-order valence-corrected chi connectivity index (χ0v) is 16.1. The van der Waals surface area contributed by atoms with Gasteiger partial charge in [0.15, 0.2) is 0 Å². The normalized spacial score (nSPS) is 17.6. The van der Waals surface area contributed by atoms with Crippen molar-refractivity contribution in [3.8, 4) is 5.88 Å². The van der Waals surface area contributed by atoms with Crippen molar-refractivity contribution in [1.29, 1.82) is 0 Å². The van der Waals surface area contributed by atoms with Gasteiger partial charge in [-0.25, -0.2) is 9.97 Å². The van der Waals surface area contributed by atoms with Crippen molar-refractivity contribution in [2.45, 2.75) is 46.1 Å². The van der Waals surface area contributed by atoms with Gasteiger partial charge < -0.3 is 14.2 Å². The van der Waals surface area contributed by atoms with E-state index in [0.29, 0.717) is 23.4 Å². The zero-order valence-electron chi connectivity index (χ0n) is 16.1. The van der Waals surface area contributed by atoms with Crippen molar-refractivity contribution < 1.29 is 9.53 Å². The number of likely N-dealkylation sites (tertiary alicyclic amines) is 1. The summed E-state index contributed by atoms with van der Waals surface area (Å²) in [5.74, 6) is 2.14. The number of aryl methyl sites for hydroxylation is 1. The van der Waals surface area contributed by atoms with Gasteiger partial charge in [0.1, 0.15) is 5.82 Å². The molecular formula is C20H28N4O2. The van der Waals surface area contributed by atoms with Gasteiger partial charge in [-0.2, -0.15) is 0 Å². The lowest BCUT2D eigenvalue weighted by Gasteiger charge is -2.33. The van der Waals surface area contributed by atoms with Crippen LogP contribution in [0.5, 0.6) is 5.88 Å². The number of rotatable bonds is 5. The number of methoxy groups -OCH3 is 1. The number of hydrogen-bond donors (Lipinski definition) is 0. The second kappa shape index (κ2) is 7.89. The molecule has 1 saturated heterocycles. The third-order valence-electron chi connectivity index (χ3n) is 5.04. The number of carbonyl (C=O) groups is 1. The highest BCUT2D eigenvalue weighted by Gasteiger charge is 2.26. The predicted molar refractivity (Wildman–Crippen MR) is 100 cm³/mol. The maximum Gasteiger partial charge on any atom is 0.255 e. The van der Waals surface area contributed by atoms with Crippen molar-refractivity contribution in [3.63, 3.8) is 0 Å². The number of imidazole rings is 1. The van der Waals surface area contributed by atoms with E-state index >= 15 is 0 Å². The summed E-state index contributed by atoms with van der Waals surface area (Å²) in [7, 11) is 1.57. The highest BCUT2D eigenvalue weighted by molar-refractivity contribution is 5.94. The first-order valence-corrected chi connectivity index (χ1v) is 9.31. The van der Waals surface area contributed by atoms with Gasteiger partial charge >= 0.3 is 0 Å². The minimum absolute atomic E-state index is 0.0493. The molecule has 0 radical (unpaired) electrons. The molecule has 1 aliphatic heterocycles. The number of nitrogens with zero attached hydrogens (tertiary/aromatic N) is 4. The number of ether oxygens (including phenoxy) is 1. The lowest BCUT2D eigenvalue weighted by molar-refractivity contribution is 0.0671. The zero-order chi connectivity index (χ0) is 18.7. The van der Waals surface area contributed by atoms with Crippen molar-refractivity contribution in [2.24, 2.45) is 5.92 Å². The molecule has 1 aliphatic rings. The molecule has 1 fully saturated rings. The second-order valence-electron chi connectivity index (χ2n) is 7.33. The van der Waals surface area contributed by atoms with Crippen LogP contribution in [0.4, 0.5) is 0 Å². The number of piperidine rings is 1. The maximum atomic E-state index is 12.8. The topological polar surface area (TPSA) is 60.2 Å². The first-order valence-electron chi connectivity index (χ1n) is 9.31. The van der Waals surface area contributed by atoms with E-state index in [-0.39, 0.29) is 5.91 Å². The molecule has 0 aliphatic carbocycles. The number of aromatic nitrogens is 3. The molecule has 140 valence electrons. The molecule has 1 atom stereocenters. The molecule has 2 aromatic heterocycles. The Bertz CT molecular complexity index is 752. The minimum atomic E-state index is 0.0493. The highest BCUT2D eigenvalue weighted by Crippen LogP contribution is 2.24. The van der Waals surface area contributed by atoms with Gasteiger partial charge in [-0.1, -0.05) is 0 Å². The summed E-state index contributed by atoms with van der Waals surface area (Å²) in [5, 5.41) is 0. The van der Waals surface area contributed by atoms with Crippen LogP contribution in [0.3, 0.4) is 0 Å². The maximum absolute atomic E-state index is 12.8. The molecule has 0 spiro atoms. The Hall–Kier alpha value is -2.37. The summed E-state index contributed by atoms with van der Waals surface area (Å²) in [4.78, 5) is 23.5. The molecule has 2 aromatic rings. The van der Waals surface area contributed by atoms with Crippen LogP contribution >= 0.6 is 0 Å². The molecule has 1 amide bonds. The third kappa shape index (κ3) is 3.89. The lowest BCUT2D eigenvalue weighted by atomic mass is 9.94. The van der Waals surface area contributed by atoms with E-state index in [2.05, 4.69) is 35.3 Å². The quantitative estimate of drug-likeness (QED) is 0.825. The number of pyridine rings is 1. The van der Waals surface area contributed by atoms with Crippen LogP contribution in [0.1, 0.15) is 54.6 Å². The third-order valence-corrected chi connectivity index (χ3v) is 5.04. The fourth-order valence-electron chi connectivity index (χ4n) is 3.84. The largest absolute Gasteiger partial charge is 0.481 e. The molecule has 0 bridgehead atoms. The second-order valence-corrected chi connectivity index (χ2v) is 7.33. The van der Waals surface area contributed by atoms with Gasteiger partial charge in [0, 0.05) is 49.7 Å². The van der Waals surface area contributed by atoms with E-state index in [0.717, 1.165) is 38.2 Å². The Morgan fingerprint density at radius 3 is 2.77 bits per heavy atom. The monoisotopic (exact) mass is 356 g/mol. The molecule has 26 heavy (non-hydrogen) atoms. The molecule has 0 aromatic carbocycles. The summed E-state index contributed by atoms with van der Waals surface area (Å²) >= 11 is 0. The van der Waals surface area contributed by atoms with Gasteiger partial charge in [-0.05, 0) is 45.6 Å². The molecule has 0 N–H and O–H groups in total. The van der Waals surface area contributed by atoms with E-state index in [1.165, 1.54) is 5.69 Å². The molecule has 6 heteroatoms. The molecule has 6 nitrogen and oxygen atoms in total. The molecule has 0 saturated carbocycles.